The van der Waals surface area contributed by atoms with E-state index in [4.69, 9.17) is 16.9 Å². The Hall–Kier alpha value is -2.09. The highest BCUT2D eigenvalue weighted by Gasteiger charge is 2.04. The van der Waals surface area contributed by atoms with E-state index in [2.05, 4.69) is 10.3 Å². The topological polar surface area (TPSA) is 117 Å². The van der Waals surface area contributed by atoms with Crippen LogP contribution >= 0.6 is 11.8 Å². The molecule has 0 spiro atoms. The summed E-state index contributed by atoms with van der Waals surface area (Å²) in [6, 6.07) is 6.10. The Morgan fingerprint density at radius 3 is 2.60 bits per heavy atom. The van der Waals surface area contributed by atoms with Crippen LogP contribution in [0.5, 0.6) is 0 Å². The van der Waals surface area contributed by atoms with Crippen LogP contribution in [0.4, 0.5) is 4.39 Å². The largest absolute Gasteiger partial charge is 0.370 e. The van der Waals surface area contributed by atoms with Gasteiger partial charge >= 0.3 is 0 Å². The van der Waals surface area contributed by atoms with Crippen LogP contribution in [0.1, 0.15) is 5.56 Å². The molecule has 1 amide bonds. The predicted octanol–water partition coefficient (Wildman–Crippen LogP) is 0.426. The zero-order valence-electron chi connectivity index (χ0n) is 10.7. The van der Waals surface area contributed by atoms with Gasteiger partial charge in [-0.2, -0.15) is 4.99 Å². The lowest BCUT2D eigenvalue weighted by Crippen LogP contribution is -2.28. The number of carbonyl (C=O) groups excluding carboxylic acids is 1. The first-order valence-corrected chi connectivity index (χ1v) is 6.78. The molecule has 8 heteroatoms. The Morgan fingerprint density at radius 1 is 1.35 bits per heavy atom. The molecule has 1 rings (SSSR count). The molecule has 0 unspecified atom stereocenters. The highest BCUT2D eigenvalue weighted by atomic mass is 32.2. The summed E-state index contributed by atoms with van der Waals surface area (Å²) in [6.07, 6.45) is 0.613. The van der Waals surface area contributed by atoms with Gasteiger partial charge in [0, 0.05) is 6.54 Å². The average Bonchev–Trinajstić information content (AvgIpc) is 2.38. The summed E-state index contributed by atoms with van der Waals surface area (Å²) < 4.78 is 12.7. The van der Waals surface area contributed by atoms with E-state index in [1.165, 1.54) is 12.1 Å². The van der Waals surface area contributed by atoms with Gasteiger partial charge in [0.25, 0.3) is 0 Å². The van der Waals surface area contributed by atoms with Gasteiger partial charge in [-0.05, 0) is 24.1 Å². The quantitative estimate of drug-likeness (QED) is 0.465. The standard InChI is InChI=1S/C12H16FN5OS/c13-9-3-1-8(2-4-9)5-6-17-10(19)7-20-12(16)18-11(14)15/h1-4H,5-7H2,(H,17,19)(H5,14,15,16,18). The zero-order valence-corrected chi connectivity index (χ0v) is 11.5. The van der Waals surface area contributed by atoms with Gasteiger partial charge in [0.1, 0.15) is 5.82 Å². The molecule has 0 fully saturated rings. The Balaban J connectivity index is 2.22. The van der Waals surface area contributed by atoms with Crippen molar-refractivity contribution in [3.8, 4) is 0 Å². The lowest BCUT2D eigenvalue weighted by molar-refractivity contribution is -0.118. The molecular formula is C12H16FN5OS. The van der Waals surface area contributed by atoms with Crippen molar-refractivity contribution in [2.45, 2.75) is 6.42 Å². The fourth-order valence-corrected chi connectivity index (χ4v) is 1.87. The highest BCUT2D eigenvalue weighted by molar-refractivity contribution is 8.14. The molecule has 108 valence electrons. The van der Waals surface area contributed by atoms with Crippen LogP contribution in [-0.4, -0.2) is 29.3 Å². The molecule has 0 heterocycles. The molecule has 0 aromatic heterocycles. The first-order chi connectivity index (χ1) is 9.47. The number of thioether (sulfide) groups is 1. The summed E-state index contributed by atoms with van der Waals surface area (Å²) in [4.78, 5) is 15.0. The maximum absolute atomic E-state index is 12.7. The van der Waals surface area contributed by atoms with Crippen LogP contribution in [0.2, 0.25) is 0 Å². The molecule has 0 radical (unpaired) electrons. The monoisotopic (exact) mass is 297 g/mol. The number of hydrogen-bond donors (Lipinski definition) is 4. The van der Waals surface area contributed by atoms with Crippen LogP contribution in [0.25, 0.3) is 0 Å². The second kappa shape index (κ2) is 8.16. The molecule has 6 nitrogen and oxygen atoms in total. The number of nitrogens with one attached hydrogen (secondary N) is 2. The number of benzene rings is 1. The number of aliphatic imine (C=N–C) groups is 1. The molecule has 6 N–H and O–H groups in total. The van der Waals surface area contributed by atoms with E-state index >= 15 is 0 Å². The van der Waals surface area contributed by atoms with Gasteiger partial charge in [0.2, 0.25) is 5.91 Å². The summed E-state index contributed by atoms with van der Waals surface area (Å²) >= 11 is 0.935. The van der Waals surface area contributed by atoms with E-state index in [9.17, 15) is 9.18 Å². The third kappa shape index (κ3) is 6.74. The maximum atomic E-state index is 12.7. The van der Waals surface area contributed by atoms with Crippen molar-refractivity contribution < 1.29 is 9.18 Å². The van der Waals surface area contributed by atoms with Crippen molar-refractivity contribution >= 4 is 28.8 Å². The van der Waals surface area contributed by atoms with E-state index in [0.29, 0.717) is 13.0 Å². The van der Waals surface area contributed by atoms with Gasteiger partial charge in [-0.15, -0.1) is 0 Å². The fourth-order valence-electron chi connectivity index (χ4n) is 1.33. The number of carbonyl (C=O) groups is 1. The van der Waals surface area contributed by atoms with E-state index in [-0.39, 0.29) is 28.6 Å². The molecule has 20 heavy (non-hydrogen) atoms. The van der Waals surface area contributed by atoms with Gasteiger partial charge in [-0.1, -0.05) is 23.9 Å². The summed E-state index contributed by atoms with van der Waals surface area (Å²) in [5, 5.41) is 9.92. The second-order valence-electron chi connectivity index (χ2n) is 3.86. The number of rotatable bonds is 5. The fraction of sp³-hybridized carbons (Fsp3) is 0.250. The summed E-state index contributed by atoms with van der Waals surface area (Å²) in [5.74, 6) is -0.640. The molecule has 0 aliphatic carbocycles. The van der Waals surface area contributed by atoms with E-state index < -0.39 is 0 Å². The minimum atomic E-state index is -0.285. The molecule has 0 aliphatic rings. The van der Waals surface area contributed by atoms with Gasteiger partial charge in [0.05, 0.1) is 5.75 Å². The number of nitrogens with zero attached hydrogens (tertiary/aromatic N) is 1. The highest BCUT2D eigenvalue weighted by Crippen LogP contribution is 2.04. The lowest BCUT2D eigenvalue weighted by atomic mass is 10.1. The van der Waals surface area contributed by atoms with Crippen molar-refractivity contribution in [1.82, 2.24) is 5.32 Å². The number of amidine groups is 1. The Morgan fingerprint density at radius 2 is 2.00 bits per heavy atom. The van der Waals surface area contributed by atoms with E-state index in [1.807, 2.05) is 0 Å². The van der Waals surface area contributed by atoms with Crippen molar-refractivity contribution in [3.63, 3.8) is 0 Å². The van der Waals surface area contributed by atoms with Gasteiger partial charge in [-0.25, -0.2) is 4.39 Å². The van der Waals surface area contributed by atoms with Crippen molar-refractivity contribution in [1.29, 1.82) is 5.41 Å². The first kappa shape index (κ1) is 16.0. The molecule has 1 aromatic carbocycles. The number of amides is 1. The smallest absolute Gasteiger partial charge is 0.230 e. The molecule has 0 aliphatic heterocycles. The second-order valence-corrected chi connectivity index (χ2v) is 4.82. The average molecular weight is 297 g/mol. The molecule has 0 atom stereocenters. The number of halogens is 1. The normalized spacial score (nSPS) is 9.85. The van der Waals surface area contributed by atoms with Crippen LogP contribution in [0, 0.1) is 11.2 Å². The van der Waals surface area contributed by atoms with Crippen LogP contribution < -0.4 is 16.8 Å². The molecule has 1 aromatic rings. The molecule has 0 saturated heterocycles. The SMILES string of the molecule is N=C(N=C(N)N)SCC(=O)NCCc1ccc(F)cc1. The zero-order chi connectivity index (χ0) is 15.0. The Bertz CT molecular complexity index is 499. The Labute approximate surface area is 120 Å². The van der Waals surface area contributed by atoms with Gasteiger partial charge in [0.15, 0.2) is 11.1 Å². The summed E-state index contributed by atoms with van der Waals surface area (Å²) in [5.41, 5.74) is 11.1. The van der Waals surface area contributed by atoms with Gasteiger partial charge < -0.3 is 16.8 Å². The lowest BCUT2D eigenvalue weighted by Gasteiger charge is -2.05. The van der Waals surface area contributed by atoms with Crippen molar-refractivity contribution in [2.75, 3.05) is 12.3 Å². The molecular weight excluding hydrogens is 281 g/mol. The van der Waals surface area contributed by atoms with E-state index in [1.54, 1.807) is 12.1 Å². The first-order valence-electron chi connectivity index (χ1n) is 5.79. The number of guanidine groups is 1. The minimum absolute atomic E-state index is 0.0685. The minimum Gasteiger partial charge on any atom is -0.370 e. The summed E-state index contributed by atoms with van der Waals surface area (Å²) in [7, 11) is 0. The molecule has 0 saturated carbocycles. The van der Waals surface area contributed by atoms with Crippen LogP contribution in [-0.2, 0) is 11.2 Å². The predicted molar refractivity (Wildman–Crippen MR) is 79.1 cm³/mol. The maximum Gasteiger partial charge on any atom is 0.230 e. The summed E-state index contributed by atoms with van der Waals surface area (Å²) in [6.45, 7) is 0.445. The van der Waals surface area contributed by atoms with Crippen LogP contribution in [0.15, 0.2) is 29.3 Å². The van der Waals surface area contributed by atoms with Crippen molar-refractivity contribution in [2.24, 2.45) is 16.5 Å². The van der Waals surface area contributed by atoms with E-state index in [0.717, 1.165) is 17.3 Å². The Kier molecular flexibility index (Phi) is 6.51. The number of hydrogen-bond acceptors (Lipinski definition) is 3. The number of nitrogens with two attached hydrogens (primary N) is 2. The van der Waals surface area contributed by atoms with Crippen molar-refractivity contribution in [3.05, 3.63) is 35.6 Å². The van der Waals surface area contributed by atoms with Gasteiger partial charge in [-0.3, -0.25) is 10.2 Å². The third-order valence-electron chi connectivity index (χ3n) is 2.22. The van der Waals surface area contributed by atoms with Crippen LogP contribution in [0.3, 0.4) is 0 Å². The third-order valence-corrected chi connectivity index (χ3v) is 2.99. The molecule has 0 bridgehead atoms.